The smallest absolute Gasteiger partial charge is 0.337 e. The Morgan fingerprint density at radius 3 is 2.47 bits per heavy atom. The van der Waals surface area contributed by atoms with Crippen LogP contribution < -0.4 is 4.74 Å². The molecule has 82 valence electrons. The Bertz CT molecular complexity index is 321. The zero-order chi connectivity index (χ0) is 11.3. The highest BCUT2D eigenvalue weighted by Crippen LogP contribution is 2.14. The summed E-state index contributed by atoms with van der Waals surface area (Å²) < 4.78 is 10.1. The first kappa shape index (κ1) is 12.0. The van der Waals surface area contributed by atoms with E-state index in [0.29, 0.717) is 5.56 Å². The number of ether oxygens (including phenoxy) is 2. The lowest BCUT2D eigenvalue weighted by atomic mass is 10.2. The molecule has 0 heterocycles. The van der Waals surface area contributed by atoms with E-state index in [0.717, 1.165) is 11.1 Å². The Morgan fingerprint density at radius 1 is 1.40 bits per heavy atom. The molecule has 0 aliphatic heterocycles. The van der Waals surface area contributed by atoms with Crippen LogP contribution in [0.3, 0.4) is 0 Å². The minimum atomic E-state index is -0.338. The first-order chi connectivity index (χ1) is 7.17. The summed E-state index contributed by atoms with van der Waals surface area (Å²) in [4.78, 5) is 11.1. The van der Waals surface area contributed by atoms with Gasteiger partial charge in [0.1, 0.15) is 11.9 Å². The first-order valence-electron chi connectivity index (χ1n) is 4.58. The average Bonchev–Trinajstić information content (AvgIpc) is 2.29. The fraction of sp³-hybridized carbons (Fsp3) is 0.364. The van der Waals surface area contributed by atoms with Crippen molar-refractivity contribution in [2.45, 2.75) is 13.0 Å². The lowest BCUT2D eigenvalue weighted by molar-refractivity contribution is 0.0600. The molecular weight excluding hydrogens is 260 g/mol. The second-order valence-electron chi connectivity index (χ2n) is 3.10. The molecule has 1 atom stereocenters. The summed E-state index contributed by atoms with van der Waals surface area (Å²) >= 11 is 3.32. The van der Waals surface area contributed by atoms with E-state index >= 15 is 0 Å². The molecule has 15 heavy (non-hydrogen) atoms. The standard InChI is InChI=1S/C11H13BrO3/c1-8(7-12)15-10-5-3-9(4-6-10)11(13)14-2/h3-6,8H,7H2,1-2H3. The molecule has 3 nitrogen and oxygen atoms in total. The molecule has 0 bridgehead atoms. The molecule has 0 saturated heterocycles. The van der Waals surface area contributed by atoms with Crippen molar-refractivity contribution in [3.63, 3.8) is 0 Å². The minimum absolute atomic E-state index is 0.106. The summed E-state index contributed by atoms with van der Waals surface area (Å²) in [5.41, 5.74) is 0.524. The van der Waals surface area contributed by atoms with Crippen molar-refractivity contribution in [1.29, 1.82) is 0 Å². The van der Waals surface area contributed by atoms with Gasteiger partial charge in [-0.05, 0) is 31.2 Å². The van der Waals surface area contributed by atoms with Crippen LogP contribution in [-0.4, -0.2) is 24.5 Å². The largest absolute Gasteiger partial charge is 0.490 e. The van der Waals surface area contributed by atoms with Crippen LogP contribution in [0.15, 0.2) is 24.3 Å². The van der Waals surface area contributed by atoms with Crippen LogP contribution in [-0.2, 0) is 4.74 Å². The van der Waals surface area contributed by atoms with Crippen molar-refractivity contribution in [2.24, 2.45) is 0 Å². The first-order valence-corrected chi connectivity index (χ1v) is 5.70. The molecule has 0 N–H and O–H groups in total. The number of hydrogen-bond acceptors (Lipinski definition) is 3. The number of carbonyl (C=O) groups is 1. The molecule has 1 unspecified atom stereocenters. The highest BCUT2D eigenvalue weighted by molar-refractivity contribution is 9.09. The Labute approximate surface area is 97.5 Å². The summed E-state index contributed by atoms with van der Waals surface area (Å²) in [7, 11) is 1.36. The predicted molar refractivity (Wildman–Crippen MR) is 61.7 cm³/mol. The van der Waals surface area contributed by atoms with Gasteiger partial charge in [0.05, 0.1) is 12.7 Å². The van der Waals surface area contributed by atoms with Crippen LogP contribution in [0.25, 0.3) is 0 Å². The molecule has 0 radical (unpaired) electrons. The van der Waals surface area contributed by atoms with Gasteiger partial charge >= 0.3 is 5.97 Å². The quantitative estimate of drug-likeness (QED) is 0.625. The Hall–Kier alpha value is -1.03. The zero-order valence-electron chi connectivity index (χ0n) is 8.70. The van der Waals surface area contributed by atoms with Gasteiger partial charge in [0.2, 0.25) is 0 Å². The van der Waals surface area contributed by atoms with E-state index < -0.39 is 0 Å². The molecule has 0 spiro atoms. The van der Waals surface area contributed by atoms with Gasteiger partial charge in [-0.2, -0.15) is 0 Å². The monoisotopic (exact) mass is 272 g/mol. The molecule has 1 aromatic rings. The maximum atomic E-state index is 11.1. The highest BCUT2D eigenvalue weighted by Gasteiger charge is 2.06. The van der Waals surface area contributed by atoms with Gasteiger partial charge in [0, 0.05) is 5.33 Å². The van der Waals surface area contributed by atoms with Gasteiger partial charge in [-0.3, -0.25) is 0 Å². The number of rotatable bonds is 4. The van der Waals surface area contributed by atoms with Crippen LogP contribution in [0.2, 0.25) is 0 Å². The molecule has 4 heteroatoms. The van der Waals surface area contributed by atoms with Crippen molar-refractivity contribution >= 4 is 21.9 Å². The van der Waals surface area contributed by atoms with E-state index in [1.165, 1.54) is 7.11 Å². The third-order valence-corrected chi connectivity index (χ3v) is 2.74. The molecule has 0 saturated carbocycles. The van der Waals surface area contributed by atoms with Crippen LogP contribution >= 0.6 is 15.9 Å². The van der Waals surface area contributed by atoms with Crippen molar-refractivity contribution in [3.8, 4) is 5.75 Å². The number of halogens is 1. The molecule has 1 aromatic carbocycles. The van der Waals surface area contributed by atoms with E-state index in [1.807, 2.05) is 6.92 Å². The third-order valence-electron chi connectivity index (χ3n) is 1.83. The average molecular weight is 273 g/mol. The van der Waals surface area contributed by atoms with Crippen molar-refractivity contribution in [1.82, 2.24) is 0 Å². The van der Waals surface area contributed by atoms with E-state index in [4.69, 9.17) is 4.74 Å². The lowest BCUT2D eigenvalue weighted by Crippen LogP contribution is -2.12. The Kier molecular flexibility index (Phi) is 4.62. The molecule has 1 rings (SSSR count). The molecule has 0 aliphatic carbocycles. The molecule has 0 aromatic heterocycles. The number of hydrogen-bond donors (Lipinski definition) is 0. The number of carbonyl (C=O) groups excluding carboxylic acids is 1. The summed E-state index contributed by atoms with van der Waals surface area (Å²) in [6.45, 7) is 1.96. The van der Waals surface area contributed by atoms with Crippen molar-refractivity contribution < 1.29 is 14.3 Å². The SMILES string of the molecule is COC(=O)c1ccc(OC(C)CBr)cc1. The fourth-order valence-corrected chi connectivity index (χ4v) is 1.18. The van der Waals surface area contributed by atoms with Gasteiger partial charge in [0.25, 0.3) is 0 Å². The normalized spacial score (nSPS) is 11.9. The number of alkyl halides is 1. The second-order valence-corrected chi connectivity index (χ2v) is 3.75. The van der Waals surface area contributed by atoms with E-state index in [2.05, 4.69) is 20.7 Å². The number of benzene rings is 1. The van der Waals surface area contributed by atoms with Crippen LogP contribution in [0.4, 0.5) is 0 Å². The Morgan fingerprint density at radius 2 is 2.00 bits per heavy atom. The van der Waals surface area contributed by atoms with Gasteiger partial charge in [-0.15, -0.1) is 0 Å². The number of esters is 1. The van der Waals surface area contributed by atoms with Gasteiger partial charge in [-0.1, -0.05) is 15.9 Å². The maximum absolute atomic E-state index is 11.1. The Balaban J connectivity index is 2.68. The maximum Gasteiger partial charge on any atom is 0.337 e. The third kappa shape index (κ3) is 3.55. The molecule has 0 amide bonds. The van der Waals surface area contributed by atoms with Crippen LogP contribution in [0, 0.1) is 0 Å². The van der Waals surface area contributed by atoms with Crippen LogP contribution in [0.1, 0.15) is 17.3 Å². The topological polar surface area (TPSA) is 35.5 Å². The van der Waals surface area contributed by atoms with Crippen LogP contribution in [0.5, 0.6) is 5.75 Å². The summed E-state index contributed by atoms with van der Waals surface area (Å²) in [6, 6.07) is 6.88. The predicted octanol–water partition coefficient (Wildman–Crippen LogP) is 2.64. The second kappa shape index (κ2) is 5.75. The minimum Gasteiger partial charge on any atom is -0.490 e. The van der Waals surface area contributed by atoms with E-state index in [1.54, 1.807) is 24.3 Å². The lowest BCUT2D eigenvalue weighted by Gasteiger charge is -2.11. The van der Waals surface area contributed by atoms with E-state index in [9.17, 15) is 4.79 Å². The van der Waals surface area contributed by atoms with Gasteiger partial charge < -0.3 is 9.47 Å². The molecule has 0 fully saturated rings. The summed E-state index contributed by atoms with van der Waals surface area (Å²) in [5, 5.41) is 0.770. The number of methoxy groups -OCH3 is 1. The fourth-order valence-electron chi connectivity index (χ4n) is 1.05. The van der Waals surface area contributed by atoms with Gasteiger partial charge in [0.15, 0.2) is 0 Å². The molecule has 0 aliphatic rings. The summed E-state index contributed by atoms with van der Waals surface area (Å²) in [5.74, 6) is 0.407. The summed E-state index contributed by atoms with van der Waals surface area (Å²) in [6.07, 6.45) is 0.106. The highest BCUT2D eigenvalue weighted by atomic mass is 79.9. The zero-order valence-corrected chi connectivity index (χ0v) is 10.3. The van der Waals surface area contributed by atoms with E-state index in [-0.39, 0.29) is 12.1 Å². The molecular formula is C11H13BrO3. The van der Waals surface area contributed by atoms with Crippen molar-refractivity contribution in [3.05, 3.63) is 29.8 Å². The van der Waals surface area contributed by atoms with Gasteiger partial charge in [-0.25, -0.2) is 4.79 Å². The van der Waals surface area contributed by atoms with Crippen molar-refractivity contribution in [2.75, 3.05) is 12.4 Å².